The van der Waals surface area contributed by atoms with Crippen LogP contribution in [-0.4, -0.2) is 98.5 Å². The van der Waals surface area contributed by atoms with Crippen molar-refractivity contribution in [3.63, 3.8) is 0 Å². The molecule has 2 aromatic carbocycles. The van der Waals surface area contributed by atoms with Crippen LogP contribution in [0.4, 0.5) is 23.8 Å². The minimum atomic E-state index is -0.986. The highest BCUT2D eigenvalue weighted by atomic mass is 19.1. The molecule has 0 unspecified atom stereocenters. The number of ether oxygens (including phenoxy) is 2. The number of carbonyl (C=O) groups is 2. The van der Waals surface area contributed by atoms with Crippen LogP contribution in [0.1, 0.15) is 44.6 Å². The van der Waals surface area contributed by atoms with Crippen molar-refractivity contribution >= 4 is 39.6 Å². The first-order valence-electron chi connectivity index (χ1n) is 16.6. The molecule has 4 aliphatic heterocycles. The Kier molecular flexibility index (Phi) is 7.70. The lowest BCUT2D eigenvalue weighted by atomic mass is 9.95. The van der Waals surface area contributed by atoms with Crippen molar-refractivity contribution < 1.29 is 37.3 Å². The van der Waals surface area contributed by atoms with Gasteiger partial charge in [-0.2, -0.15) is 9.97 Å². The fraction of sp³-hybridized carbons (Fsp3) is 0.417. The molecule has 50 heavy (non-hydrogen) atoms. The first-order chi connectivity index (χ1) is 24.0. The van der Waals surface area contributed by atoms with Gasteiger partial charge < -0.3 is 19.5 Å². The summed E-state index contributed by atoms with van der Waals surface area (Å²) in [6.45, 7) is 3.05. The largest absolute Gasteiger partial charge is 0.465 e. The Bertz CT molecular complexity index is 2110. The summed E-state index contributed by atoms with van der Waals surface area (Å²) in [6, 6.07) is 4.85. The van der Waals surface area contributed by atoms with Gasteiger partial charge in [0.05, 0.1) is 28.6 Å². The lowest BCUT2D eigenvalue weighted by Gasteiger charge is -2.40. The predicted octanol–water partition coefficient (Wildman–Crippen LogP) is 5.32. The van der Waals surface area contributed by atoms with Gasteiger partial charge in [0.15, 0.2) is 5.82 Å². The maximum atomic E-state index is 17.1. The van der Waals surface area contributed by atoms with E-state index in [9.17, 15) is 19.1 Å². The van der Waals surface area contributed by atoms with E-state index in [2.05, 4.69) is 20.8 Å². The van der Waals surface area contributed by atoms with E-state index in [4.69, 9.17) is 20.9 Å². The lowest BCUT2D eigenvalue weighted by Crippen LogP contribution is -2.55. The number of pyridine rings is 1. The van der Waals surface area contributed by atoms with Crippen LogP contribution in [0.2, 0.25) is 0 Å². The number of terminal acetylenes is 1. The summed E-state index contributed by atoms with van der Waals surface area (Å²) in [5.74, 6) is 0.586. The number of piperazine rings is 1. The molecule has 8 rings (SSSR count). The second-order valence-corrected chi connectivity index (χ2v) is 13.6. The first kappa shape index (κ1) is 32.1. The highest BCUT2D eigenvalue weighted by molar-refractivity contribution is 6.03. The predicted molar refractivity (Wildman–Crippen MR) is 177 cm³/mol. The molecule has 0 aliphatic carbocycles. The monoisotopic (exact) mass is 686 g/mol. The molecule has 0 spiro atoms. The second kappa shape index (κ2) is 12.0. The van der Waals surface area contributed by atoms with Crippen molar-refractivity contribution in [1.29, 1.82) is 0 Å². The molecular weight excluding hydrogens is 653 g/mol. The molecule has 4 aromatic rings. The summed E-state index contributed by atoms with van der Waals surface area (Å²) in [4.78, 5) is 43.1. The van der Waals surface area contributed by atoms with E-state index in [-0.39, 0.29) is 63.6 Å². The van der Waals surface area contributed by atoms with E-state index in [1.807, 2.05) is 4.90 Å². The fourth-order valence-corrected chi connectivity index (χ4v) is 8.52. The number of halogens is 3. The van der Waals surface area contributed by atoms with E-state index in [1.54, 1.807) is 0 Å². The van der Waals surface area contributed by atoms with Crippen molar-refractivity contribution in [2.75, 3.05) is 37.7 Å². The molecule has 4 fully saturated rings. The van der Waals surface area contributed by atoms with E-state index in [0.29, 0.717) is 50.1 Å². The average Bonchev–Trinajstić information content (AvgIpc) is 3.70. The summed E-state index contributed by atoms with van der Waals surface area (Å²) in [6.07, 6.45) is 8.50. The molecule has 11 nitrogen and oxygen atoms in total. The summed E-state index contributed by atoms with van der Waals surface area (Å²) in [5, 5.41) is 10.7. The van der Waals surface area contributed by atoms with Gasteiger partial charge in [-0.1, -0.05) is 12.0 Å². The third kappa shape index (κ3) is 5.22. The smallest absolute Gasteiger partial charge is 0.407 e. The summed E-state index contributed by atoms with van der Waals surface area (Å²) in [5.41, 5.74) is -0.903. The minimum Gasteiger partial charge on any atom is -0.465 e. The molecule has 0 saturated carbocycles. The topological polar surface area (TPSA) is 121 Å². The number of anilines is 1. The van der Waals surface area contributed by atoms with Gasteiger partial charge in [-0.3, -0.25) is 19.6 Å². The summed E-state index contributed by atoms with van der Waals surface area (Å²) < 4.78 is 58.2. The Hall–Kier alpha value is -5.16. The van der Waals surface area contributed by atoms with E-state index in [0.717, 1.165) is 19.4 Å². The first-order valence-corrected chi connectivity index (χ1v) is 16.6. The molecule has 1 N–H and O–H groups in total. The van der Waals surface area contributed by atoms with Crippen LogP contribution in [0, 0.1) is 24.0 Å². The average molecular weight is 687 g/mol. The van der Waals surface area contributed by atoms with Gasteiger partial charge in [0.25, 0.3) is 0 Å². The quantitative estimate of drug-likeness (QED) is 0.162. The summed E-state index contributed by atoms with van der Waals surface area (Å²) in [7, 11) is 0. The molecule has 1 amide bonds. The van der Waals surface area contributed by atoms with Gasteiger partial charge in [0.1, 0.15) is 41.4 Å². The van der Waals surface area contributed by atoms with E-state index in [1.165, 1.54) is 42.3 Å². The summed E-state index contributed by atoms with van der Waals surface area (Å²) >= 11 is 0. The Morgan fingerprint density at radius 3 is 2.64 bits per heavy atom. The minimum absolute atomic E-state index is 0.0816. The molecule has 6 heterocycles. The van der Waals surface area contributed by atoms with E-state index < -0.39 is 35.4 Å². The number of aromatic nitrogens is 3. The molecule has 4 saturated heterocycles. The number of hydrogen-bond donors (Lipinski definition) is 1. The van der Waals surface area contributed by atoms with Crippen molar-refractivity contribution in [3.05, 3.63) is 47.7 Å². The van der Waals surface area contributed by atoms with Crippen molar-refractivity contribution in [1.82, 2.24) is 24.8 Å². The second-order valence-electron chi connectivity index (χ2n) is 13.6. The zero-order valence-corrected chi connectivity index (χ0v) is 27.2. The van der Waals surface area contributed by atoms with Crippen LogP contribution in [-0.2, 0) is 4.79 Å². The zero-order valence-electron chi connectivity index (χ0n) is 27.2. The van der Waals surface area contributed by atoms with Crippen LogP contribution in [0.25, 0.3) is 32.9 Å². The van der Waals surface area contributed by atoms with Crippen LogP contribution in [0.5, 0.6) is 11.8 Å². The van der Waals surface area contributed by atoms with Crippen molar-refractivity contribution in [2.45, 2.75) is 62.8 Å². The normalized spacial score (nSPS) is 24.5. The number of alkyl halides is 1. The third-order valence-electron chi connectivity index (χ3n) is 10.6. The maximum Gasteiger partial charge on any atom is 0.407 e. The highest BCUT2D eigenvalue weighted by Crippen LogP contribution is 2.42. The van der Waals surface area contributed by atoms with Crippen LogP contribution in [0.3, 0.4) is 0 Å². The van der Waals surface area contributed by atoms with Gasteiger partial charge in [-0.25, -0.2) is 18.0 Å². The zero-order chi connectivity index (χ0) is 34.9. The van der Waals surface area contributed by atoms with Crippen molar-refractivity contribution in [2.24, 2.45) is 0 Å². The number of fused-ring (bicyclic) bond motifs is 5. The van der Waals surface area contributed by atoms with Gasteiger partial charge in [-0.05, 0) is 55.8 Å². The number of carboxylic acid groups (broad SMARTS) is 1. The lowest BCUT2D eigenvalue weighted by molar-refractivity contribution is -0.131. The van der Waals surface area contributed by atoms with Crippen LogP contribution < -0.4 is 14.4 Å². The maximum absolute atomic E-state index is 17.1. The number of rotatable bonds is 6. The number of hydrogen-bond acceptors (Lipinski definition) is 9. The van der Waals surface area contributed by atoms with Crippen LogP contribution in [0.15, 0.2) is 30.5 Å². The van der Waals surface area contributed by atoms with Gasteiger partial charge in [-0.15, -0.1) is 6.42 Å². The number of carbonyl (C=O) groups excluding carboxylic acids is 1. The standard InChI is InChI=1S/C36H33F3N6O5/c1-3-25-28(38)8-5-20-11-24(50-19(2)46)12-26(29(20)25)31-30(39)32-27(14-40-31)33(43-16-22-6-7-23(17-43)45(22)35(47)48)42-34(41-32)49-18-36-9-4-10-44(36)15-21(37)13-36/h1,5,8,11-12,14,21-23H,4,6-7,9-10,13,15-18H2,2H3,(H,47,48)/t21-,22-,23+,36+/m1/s1. The molecule has 258 valence electrons. The molecule has 14 heteroatoms. The number of amides is 1. The van der Waals surface area contributed by atoms with Crippen LogP contribution >= 0.6 is 0 Å². The Morgan fingerprint density at radius 2 is 1.92 bits per heavy atom. The van der Waals surface area contributed by atoms with Gasteiger partial charge in [0, 0.05) is 50.1 Å². The Labute approximate surface area is 285 Å². The fourth-order valence-electron chi connectivity index (χ4n) is 8.52. The molecule has 4 aliphatic rings. The number of esters is 1. The molecule has 0 radical (unpaired) electrons. The molecule has 2 aromatic heterocycles. The van der Waals surface area contributed by atoms with E-state index >= 15 is 8.78 Å². The van der Waals surface area contributed by atoms with Gasteiger partial charge in [0.2, 0.25) is 0 Å². The molecular formula is C36H33F3N6O5. The molecule has 2 bridgehead atoms. The highest BCUT2D eigenvalue weighted by Gasteiger charge is 2.49. The molecule has 4 atom stereocenters. The number of benzene rings is 2. The number of nitrogens with zero attached hydrogens (tertiary/aromatic N) is 6. The third-order valence-corrected chi connectivity index (χ3v) is 10.6. The Balaban J connectivity index is 1.28. The SMILES string of the molecule is C#Cc1c(F)ccc2cc(OC(C)=O)cc(-c3ncc4c(N5C[C@H]6CC[C@@H](C5)N6C(=O)O)nc(OC[C@@]56CCCN5C[C@H](F)C6)nc4c3F)c12. The van der Waals surface area contributed by atoms with Crippen molar-refractivity contribution in [3.8, 4) is 35.4 Å². The van der Waals surface area contributed by atoms with Gasteiger partial charge >= 0.3 is 18.1 Å². The Morgan fingerprint density at radius 1 is 1.14 bits per heavy atom.